The normalized spacial score (nSPS) is 13.2. The average molecular weight is 421 g/mol. The lowest BCUT2D eigenvalue weighted by molar-refractivity contribution is 0.115. The van der Waals surface area contributed by atoms with Crippen molar-refractivity contribution in [3.8, 4) is 16.9 Å². The Labute approximate surface area is 172 Å². The van der Waals surface area contributed by atoms with Gasteiger partial charge in [-0.3, -0.25) is 4.98 Å². The van der Waals surface area contributed by atoms with Gasteiger partial charge in [0.05, 0.1) is 29.4 Å². The topological polar surface area (TPSA) is 54.4 Å². The first-order chi connectivity index (χ1) is 13.4. The van der Waals surface area contributed by atoms with E-state index in [1.54, 1.807) is 25.4 Å². The Bertz CT molecular complexity index is 984. The van der Waals surface area contributed by atoms with Crippen molar-refractivity contribution < 1.29 is 14.3 Å². The first kappa shape index (κ1) is 20.6. The first-order valence-electron chi connectivity index (χ1n) is 8.58. The van der Waals surface area contributed by atoms with Gasteiger partial charge in [0.1, 0.15) is 11.6 Å². The van der Waals surface area contributed by atoms with E-state index in [4.69, 9.17) is 27.9 Å². The quantitative estimate of drug-likeness (QED) is 0.478. The predicted octanol–water partition coefficient (Wildman–Crippen LogP) is 6.03. The molecular weight excluding hydrogens is 402 g/mol. The van der Waals surface area contributed by atoms with Gasteiger partial charge in [0.15, 0.2) is 0 Å². The number of hydroxylamine groups is 1. The summed E-state index contributed by atoms with van der Waals surface area (Å²) in [5, 5.41) is 10.6. The van der Waals surface area contributed by atoms with Crippen LogP contribution in [0.3, 0.4) is 0 Å². The fourth-order valence-corrected chi connectivity index (χ4v) is 3.47. The van der Waals surface area contributed by atoms with E-state index >= 15 is 0 Å². The second-order valence-electron chi connectivity index (χ2n) is 6.42. The zero-order valence-electron chi connectivity index (χ0n) is 15.3. The van der Waals surface area contributed by atoms with E-state index in [0.717, 1.165) is 22.9 Å². The molecule has 2 unspecified atom stereocenters. The van der Waals surface area contributed by atoms with Gasteiger partial charge < -0.3 is 9.94 Å². The van der Waals surface area contributed by atoms with E-state index in [1.807, 2.05) is 31.2 Å². The minimum absolute atomic E-state index is 0.129. The van der Waals surface area contributed by atoms with Gasteiger partial charge in [-0.2, -0.15) is 5.48 Å². The SMILES string of the molecule is COc1cc(C(C)C(NO)c2ccc(Cl)c(Cl)c2)ccc1-c1cncc(F)c1. The van der Waals surface area contributed by atoms with Gasteiger partial charge in [-0.25, -0.2) is 4.39 Å². The van der Waals surface area contributed by atoms with Crippen LogP contribution in [0.5, 0.6) is 5.75 Å². The third-order valence-electron chi connectivity index (χ3n) is 4.71. The lowest BCUT2D eigenvalue weighted by Crippen LogP contribution is -2.23. The molecule has 2 aromatic carbocycles. The lowest BCUT2D eigenvalue weighted by Gasteiger charge is -2.24. The molecule has 1 aromatic heterocycles. The molecule has 4 nitrogen and oxygen atoms in total. The van der Waals surface area contributed by atoms with Gasteiger partial charge in [-0.1, -0.05) is 48.3 Å². The van der Waals surface area contributed by atoms with E-state index < -0.39 is 11.9 Å². The molecule has 3 rings (SSSR count). The summed E-state index contributed by atoms with van der Waals surface area (Å²) in [5.41, 5.74) is 5.42. The lowest BCUT2D eigenvalue weighted by atomic mass is 9.88. The van der Waals surface area contributed by atoms with Gasteiger partial charge in [0, 0.05) is 23.2 Å². The van der Waals surface area contributed by atoms with E-state index in [2.05, 4.69) is 10.5 Å². The second kappa shape index (κ2) is 8.88. The Kier molecular flexibility index (Phi) is 6.52. The van der Waals surface area contributed by atoms with Crippen LogP contribution in [0.1, 0.15) is 30.0 Å². The van der Waals surface area contributed by atoms with Gasteiger partial charge >= 0.3 is 0 Å². The fraction of sp³-hybridized carbons (Fsp3) is 0.190. The molecule has 1 heterocycles. The molecule has 0 aliphatic carbocycles. The minimum atomic E-state index is -0.416. The van der Waals surface area contributed by atoms with Gasteiger partial charge in [-0.05, 0) is 35.4 Å². The number of hydrogen-bond acceptors (Lipinski definition) is 4. The standard InChI is InChI=1S/C21H19Cl2FN2O2/c1-12(21(26-27)14-4-6-18(22)19(23)8-14)13-3-5-17(20(9-13)28-2)15-7-16(24)11-25-10-15/h3-12,21,26-27H,1-2H3. The maximum absolute atomic E-state index is 13.5. The van der Waals surface area contributed by atoms with Gasteiger partial charge in [0.25, 0.3) is 0 Å². The van der Waals surface area contributed by atoms with E-state index in [9.17, 15) is 9.60 Å². The molecule has 0 aliphatic rings. The van der Waals surface area contributed by atoms with Crippen molar-refractivity contribution in [3.05, 3.63) is 81.8 Å². The predicted molar refractivity (Wildman–Crippen MR) is 109 cm³/mol. The highest BCUT2D eigenvalue weighted by molar-refractivity contribution is 6.42. The van der Waals surface area contributed by atoms with Crippen LogP contribution in [-0.2, 0) is 0 Å². The highest BCUT2D eigenvalue weighted by Crippen LogP contribution is 2.37. The summed E-state index contributed by atoms with van der Waals surface area (Å²) in [4.78, 5) is 3.89. The monoisotopic (exact) mass is 420 g/mol. The van der Waals surface area contributed by atoms with E-state index in [1.165, 1.54) is 6.07 Å². The summed E-state index contributed by atoms with van der Waals surface area (Å²) in [7, 11) is 1.56. The number of nitrogens with zero attached hydrogens (tertiary/aromatic N) is 1. The molecule has 0 amide bonds. The van der Waals surface area contributed by atoms with Gasteiger partial charge in [0.2, 0.25) is 0 Å². The Hall–Kier alpha value is -2.18. The fourth-order valence-electron chi connectivity index (χ4n) is 3.16. The molecule has 7 heteroatoms. The minimum Gasteiger partial charge on any atom is -0.496 e. The van der Waals surface area contributed by atoms with Crippen molar-refractivity contribution in [2.45, 2.75) is 18.9 Å². The maximum atomic E-state index is 13.5. The highest BCUT2D eigenvalue weighted by atomic mass is 35.5. The molecule has 2 N–H and O–H groups in total. The Morgan fingerprint density at radius 1 is 1.04 bits per heavy atom. The highest BCUT2D eigenvalue weighted by Gasteiger charge is 2.22. The number of benzene rings is 2. The van der Waals surface area contributed by atoms with E-state index in [-0.39, 0.29) is 5.92 Å². The maximum Gasteiger partial charge on any atom is 0.142 e. The smallest absolute Gasteiger partial charge is 0.142 e. The van der Waals surface area contributed by atoms with Crippen molar-refractivity contribution in [1.82, 2.24) is 10.5 Å². The number of methoxy groups -OCH3 is 1. The molecule has 146 valence electrons. The zero-order chi connectivity index (χ0) is 20.3. The van der Waals surface area contributed by atoms with Crippen molar-refractivity contribution in [3.63, 3.8) is 0 Å². The van der Waals surface area contributed by atoms with Crippen molar-refractivity contribution in [1.29, 1.82) is 0 Å². The molecule has 0 spiro atoms. The summed E-state index contributed by atoms with van der Waals surface area (Å²) < 4.78 is 19.0. The third kappa shape index (κ3) is 4.28. The van der Waals surface area contributed by atoms with Crippen LogP contribution in [0, 0.1) is 5.82 Å². The van der Waals surface area contributed by atoms with Crippen LogP contribution in [-0.4, -0.2) is 17.3 Å². The number of hydrogen-bond donors (Lipinski definition) is 2. The number of ether oxygens (including phenoxy) is 1. The Balaban J connectivity index is 1.96. The van der Waals surface area contributed by atoms with E-state index in [0.29, 0.717) is 21.4 Å². The molecule has 0 fully saturated rings. The summed E-state index contributed by atoms with van der Waals surface area (Å²) >= 11 is 12.1. The molecule has 3 aromatic rings. The molecule has 0 aliphatic heterocycles. The Morgan fingerprint density at radius 3 is 2.43 bits per heavy atom. The summed E-state index contributed by atoms with van der Waals surface area (Å²) in [6.07, 6.45) is 2.74. The first-order valence-corrected chi connectivity index (χ1v) is 9.33. The zero-order valence-corrected chi connectivity index (χ0v) is 16.8. The van der Waals surface area contributed by atoms with Crippen molar-refractivity contribution in [2.75, 3.05) is 7.11 Å². The van der Waals surface area contributed by atoms with Crippen LogP contribution in [0.25, 0.3) is 11.1 Å². The van der Waals surface area contributed by atoms with Crippen LogP contribution in [0.2, 0.25) is 10.0 Å². The molecular formula is C21H19Cl2FN2O2. The van der Waals surface area contributed by atoms with Crippen LogP contribution in [0.15, 0.2) is 54.9 Å². The average Bonchev–Trinajstić information content (AvgIpc) is 2.70. The largest absolute Gasteiger partial charge is 0.496 e. The summed E-state index contributed by atoms with van der Waals surface area (Å²) in [6.45, 7) is 1.97. The van der Waals surface area contributed by atoms with Crippen molar-refractivity contribution >= 4 is 23.2 Å². The van der Waals surface area contributed by atoms with Crippen LogP contribution >= 0.6 is 23.2 Å². The number of halogens is 3. The van der Waals surface area contributed by atoms with Crippen LogP contribution < -0.4 is 10.2 Å². The molecule has 0 saturated carbocycles. The van der Waals surface area contributed by atoms with Gasteiger partial charge in [-0.15, -0.1) is 0 Å². The summed E-state index contributed by atoms with van der Waals surface area (Å²) in [5.74, 6) is 0.0413. The molecule has 0 bridgehead atoms. The number of rotatable bonds is 6. The molecule has 0 saturated heterocycles. The molecule has 0 radical (unpaired) electrons. The molecule has 2 atom stereocenters. The third-order valence-corrected chi connectivity index (χ3v) is 5.45. The van der Waals surface area contributed by atoms with Crippen LogP contribution in [0.4, 0.5) is 4.39 Å². The molecule has 28 heavy (non-hydrogen) atoms. The summed E-state index contributed by atoms with van der Waals surface area (Å²) in [6, 6.07) is 11.8. The van der Waals surface area contributed by atoms with Crippen molar-refractivity contribution in [2.24, 2.45) is 0 Å². The Morgan fingerprint density at radius 2 is 1.79 bits per heavy atom. The second-order valence-corrected chi connectivity index (χ2v) is 7.23. The number of nitrogens with one attached hydrogen (secondary N) is 1. The number of pyridine rings is 1. The number of aromatic nitrogens is 1.